The van der Waals surface area contributed by atoms with E-state index in [9.17, 15) is 5.11 Å². The molecule has 0 saturated carbocycles. The maximum absolute atomic E-state index is 10.4. The standard InChI is InChI=1S/C16H19NO/c1-12-5-2-3-8-15(12)16(18)14-7-4-6-13(11-14)9-10-17/h2-8,11,16,18H,9-10,17H2,1H3. The van der Waals surface area contributed by atoms with Crippen LogP contribution in [0, 0.1) is 6.92 Å². The number of hydrogen-bond donors (Lipinski definition) is 2. The highest BCUT2D eigenvalue weighted by Crippen LogP contribution is 2.25. The van der Waals surface area contributed by atoms with Crippen molar-refractivity contribution in [2.45, 2.75) is 19.4 Å². The lowest BCUT2D eigenvalue weighted by Gasteiger charge is -2.15. The van der Waals surface area contributed by atoms with Crippen LogP contribution in [0.2, 0.25) is 0 Å². The smallest absolute Gasteiger partial charge is 0.104 e. The molecule has 2 aromatic carbocycles. The van der Waals surface area contributed by atoms with Gasteiger partial charge in [-0.05, 0) is 42.1 Å². The molecule has 0 aliphatic carbocycles. The highest BCUT2D eigenvalue weighted by atomic mass is 16.3. The molecule has 2 heteroatoms. The molecule has 0 bridgehead atoms. The van der Waals surface area contributed by atoms with E-state index < -0.39 is 6.10 Å². The Kier molecular flexibility index (Phi) is 4.13. The van der Waals surface area contributed by atoms with E-state index in [2.05, 4.69) is 0 Å². The highest BCUT2D eigenvalue weighted by molar-refractivity contribution is 5.36. The molecule has 1 unspecified atom stereocenters. The van der Waals surface area contributed by atoms with Gasteiger partial charge in [0, 0.05) is 0 Å². The number of aliphatic hydroxyl groups is 1. The van der Waals surface area contributed by atoms with E-state index in [0.29, 0.717) is 6.54 Å². The Morgan fingerprint density at radius 3 is 2.61 bits per heavy atom. The molecule has 94 valence electrons. The van der Waals surface area contributed by atoms with Gasteiger partial charge >= 0.3 is 0 Å². The Balaban J connectivity index is 2.31. The molecule has 3 N–H and O–H groups in total. The number of aliphatic hydroxyl groups excluding tert-OH is 1. The predicted octanol–water partition coefficient (Wildman–Crippen LogP) is 2.58. The summed E-state index contributed by atoms with van der Waals surface area (Å²) in [6, 6.07) is 15.9. The second kappa shape index (κ2) is 5.80. The monoisotopic (exact) mass is 241 g/mol. The molecule has 1 atom stereocenters. The Bertz CT molecular complexity index is 522. The molecule has 0 aliphatic rings. The van der Waals surface area contributed by atoms with Gasteiger partial charge in [-0.2, -0.15) is 0 Å². The first kappa shape index (κ1) is 12.8. The minimum Gasteiger partial charge on any atom is -0.384 e. The topological polar surface area (TPSA) is 46.2 Å². The van der Waals surface area contributed by atoms with Gasteiger partial charge in [-0.3, -0.25) is 0 Å². The zero-order chi connectivity index (χ0) is 13.0. The normalized spacial score (nSPS) is 12.4. The first-order chi connectivity index (χ1) is 8.72. The fourth-order valence-electron chi connectivity index (χ4n) is 2.16. The number of aryl methyl sites for hydroxylation is 1. The van der Waals surface area contributed by atoms with Crippen LogP contribution in [0.15, 0.2) is 48.5 Å². The van der Waals surface area contributed by atoms with Gasteiger partial charge in [0.05, 0.1) is 0 Å². The molecular weight excluding hydrogens is 222 g/mol. The maximum Gasteiger partial charge on any atom is 0.104 e. The molecule has 0 fully saturated rings. The largest absolute Gasteiger partial charge is 0.384 e. The summed E-state index contributed by atoms with van der Waals surface area (Å²) in [5.74, 6) is 0. The van der Waals surface area contributed by atoms with Crippen LogP contribution in [0.4, 0.5) is 0 Å². The van der Waals surface area contributed by atoms with Crippen molar-refractivity contribution >= 4 is 0 Å². The number of benzene rings is 2. The van der Waals surface area contributed by atoms with Gasteiger partial charge in [0.25, 0.3) is 0 Å². The quantitative estimate of drug-likeness (QED) is 0.864. The van der Waals surface area contributed by atoms with Crippen molar-refractivity contribution in [2.24, 2.45) is 5.73 Å². The third kappa shape index (κ3) is 2.78. The SMILES string of the molecule is Cc1ccccc1C(O)c1cccc(CCN)c1. The minimum atomic E-state index is -0.566. The van der Waals surface area contributed by atoms with E-state index in [0.717, 1.165) is 23.1 Å². The van der Waals surface area contributed by atoms with Crippen LogP contribution in [0.3, 0.4) is 0 Å². The van der Waals surface area contributed by atoms with Gasteiger partial charge in [-0.1, -0.05) is 48.5 Å². The van der Waals surface area contributed by atoms with Gasteiger partial charge < -0.3 is 10.8 Å². The summed E-state index contributed by atoms with van der Waals surface area (Å²) in [5, 5.41) is 10.4. The van der Waals surface area contributed by atoms with Crippen LogP contribution in [0.5, 0.6) is 0 Å². The number of rotatable bonds is 4. The molecule has 0 aliphatic heterocycles. The Hall–Kier alpha value is -1.64. The van der Waals surface area contributed by atoms with Gasteiger partial charge in [0.15, 0.2) is 0 Å². The molecule has 0 saturated heterocycles. The molecule has 0 amide bonds. The van der Waals surface area contributed by atoms with Crippen molar-refractivity contribution in [3.8, 4) is 0 Å². The van der Waals surface area contributed by atoms with Crippen molar-refractivity contribution in [1.82, 2.24) is 0 Å². The van der Waals surface area contributed by atoms with E-state index in [1.54, 1.807) is 0 Å². The van der Waals surface area contributed by atoms with E-state index in [4.69, 9.17) is 5.73 Å². The summed E-state index contributed by atoms with van der Waals surface area (Å²) in [7, 11) is 0. The van der Waals surface area contributed by atoms with Crippen molar-refractivity contribution in [2.75, 3.05) is 6.54 Å². The van der Waals surface area contributed by atoms with Crippen molar-refractivity contribution in [1.29, 1.82) is 0 Å². The van der Waals surface area contributed by atoms with Crippen LogP contribution < -0.4 is 5.73 Å². The summed E-state index contributed by atoms with van der Waals surface area (Å²) in [5.41, 5.74) is 9.72. The Morgan fingerprint density at radius 1 is 1.11 bits per heavy atom. The van der Waals surface area contributed by atoms with Gasteiger partial charge in [-0.15, -0.1) is 0 Å². The van der Waals surface area contributed by atoms with Crippen LogP contribution in [-0.4, -0.2) is 11.7 Å². The van der Waals surface area contributed by atoms with Crippen LogP contribution >= 0.6 is 0 Å². The summed E-state index contributed by atoms with van der Waals surface area (Å²) in [6.45, 7) is 2.65. The minimum absolute atomic E-state index is 0.566. The van der Waals surface area contributed by atoms with Crippen LogP contribution in [0.1, 0.15) is 28.4 Å². The molecule has 2 rings (SSSR count). The predicted molar refractivity (Wildman–Crippen MR) is 74.4 cm³/mol. The first-order valence-corrected chi connectivity index (χ1v) is 6.25. The fourth-order valence-corrected chi connectivity index (χ4v) is 2.16. The maximum atomic E-state index is 10.4. The highest BCUT2D eigenvalue weighted by Gasteiger charge is 2.12. The average molecular weight is 241 g/mol. The first-order valence-electron chi connectivity index (χ1n) is 6.25. The van der Waals surface area contributed by atoms with Gasteiger partial charge in [-0.25, -0.2) is 0 Å². The van der Waals surface area contributed by atoms with Crippen LogP contribution in [0.25, 0.3) is 0 Å². The zero-order valence-corrected chi connectivity index (χ0v) is 10.6. The molecule has 0 aromatic heterocycles. The van der Waals surface area contributed by atoms with E-state index >= 15 is 0 Å². The number of hydrogen-bond acceptors (Lipinski definition) is 2. The zero-order valence-electron chi connectivity index (χ0n) is 10.6. The van der Waals surface area contributed by atoms with Crippen LogP contribution in [-0.2, 0) is 6.42 Å². The lowest BCUT2D eigenvalue weighted by Crippen LogP contribution is -2.05. The molecule has 0 radical (unpaired) electrons. The summed E-state index contributed by atoms with van der Waals surface area (Å²) < 4.78 is 0. The lowest BCUT2D eigenvalue weighted by molar-refractivity contribution is 0.219. The third-order valence-corrected chi connectivity index (χ3v) is 3.18. The van der Waals surface area contributed by atoms with Crippen molar-refractivity contribution in [3.05, 3.63) is 70.8 Å². The summed E-state index contributed by atoms with van der Waals surface area (Å²) in [4.78, 5) is 0. The van der Waals surface area contributed by atoms with Crippen molar-refractivity contribution < 1.29 is 5.11 Å². The second-order valence-electron chi connectivity index (χ2n) is 4.54. The molecule has 2 nitrogen and oxygen atoms in total. The third-order valence-electron chi connectivity index (χ3n) is 3.18. The van der Waals surface area contributed by atoms with Crippen molar-refractivity contribution in [3.63, 3.8) is 0 Å². The fraction of sp³-hybridized carbons (Fsp3) is 0.250. The van der Waals surface area contributed by atoms with Gasteiger partial charge in [0.2, 0.25) is 0 Å². The number of nitrogens with two attached hydrogens (primary N) is 1. The summed E-state index contributed by atoms with van der Waals surface area (Å²) >= 11 is 0. The summed E-state index contributed by atoms with van der Waals surface area (Å²) in [6.07, 6.45) is 0.276. The van der Waals surface area contributed by atoms with E-state index in [-0.39, 0.29) is 0 Å². The van der Waals surface area contributed by atoms with E-state index in [1.807, 2.05) is 55.5 Å². The lowest BCUT2D eigenvalue weighted by atomic mass is 9.96. The second-order valence-corrected chi connectivity index (χ2v) is 4.54. The average Bonchev–Trinajstić information content (AvgIpc) is 2.39. The van der Waals surface area contributed by atoms with E-state index in [1.165, 1.54) is 5.56 Å². The Morgan fingerprint density at radius 2 is 1.89 bits per heavy atom. The molecule has 18 heavy (non-hydrogen) atoms. The molecule has 0 spiro atoms. The molecular formula is C16H19NO. The van der Waals surface area contributed by atoms with Gasteiger partial charge in [0.1, 0.15) is 6.10 Å². The molecule has 0 heterocycles. The Labute approximate surface area is 108 Å². The molecule has 2 aromatic rings.